The lowest BCUT2D eigenvalue weighted by molar-refractivity contribution is -0.146. The minimum absolute atomic E-state index is 0.0851. The highest BCUT2D eigenvalue weighted by molar-refractivity contribution is 5.81. The van der Waals surface area contributed by atoms with Gasteiger partial charge in [0, 0.05) is 20.1 Å². The molecule has 5 fully saturated rings. The van der Waals surface area contributed by atoms with Crippen LogP contribution in [0, 0.1) is 23.2 Å². The molecule has 0 unspecified atom stereocenters. The van der Waals surface area contributed by atoms with Crippen molar-refractivity contribution in [2.75, 3.05) is 20.1 Å². The van der Waals surface area contributed by atoms with Gasteiger partial charge in [-0.3, -0.25) is 4.79 Å². The van der Waals surface area contributed by atoms with Crippen LogP contribution >= 0.6 is 0 Å². The van der Waals surface area contributed by atoms with Gasteiger partial charge >= 0.3 is 0 Å². The van der Waals surface area contributed by atoms with Crippen LogP contribution in [0.1, 0.15) is 51.4 Å². The molecule has 4 heteroatoms. The summed E-state index contributed by atoms with van der Waals surface area (Å²) in [6.07, 6.45) is 10.1. The van der Waals surface area contributed by atoms with Gasteiger partial charge in [0.05, 0.1) is 6.10 Å². The third kappa shape index (κ3) is 2.58. The zero-order chi connectivity index (χ0) is 15.3. The Bertz CT molecular complexity index is 415. The van der Waals surface area contributed by atoms with E-state index in [0.29, 0.717) is 12.0 Å². The number of nitrogens with zero attached hydrogens (tertiary/aromatic N) is 1. The number of amides is 1. The SMILES string of the molecule is CN(CC12CC3CC(CC(C3)C1)C2)C(=O)[C@@H]1CC[C@H](CN)O1. The molecule has 0 spiro atoms. The first-order valence-corrected chi connectivity index (χ1v) is 9.17. The van der Waals surface area contributed by atoms with Crippen molar-refractivity contribution in [1.82, 2.24) is 4.90 Å². The van der Waals surface area contributed by atoms with E-state index in [1.54, 1.807) is 0 Å². The average Bonchev–Trinajstić information content (AvgIpc) is 2.93. The minimum atomic E-state index is -0.243. The molecule has 1 amide bonds. The summed E-state index contributed by atoms with van der Waals surface area (Å²) in [6.45, 7) is 1.48. The fourth-order valence-electron chi connectivity index (χ4n) is 6.37. The van der Waals surface area contributed by atoms with Gasteiger partial charge in [0.15, 0.2) is 0 Å². The Labute approximate surface area is 133 Å². The van der Waals surface area contributed by atoms with Crippen LogP contribution in [0.5, 0.6) is 0 Å². The highest BCUT2D eigenvalue weighted by atomic mass is 16.5. The zero-order valence-electron chi connectivity index (χ0n) is 13.8. The second-order valence-corrected chi connectivity index (χ2v) is 8.67. The molecule has 0 aromatic carbocycles. The Morgan fingerprint density at radius 1 is 1.14 bits per heavy atom. The third-order valence-corrected chi connectivity index (χ3v) is 6.76. The average molecular weight is 306 g/mol. The van der Waals surface area contributed by atoms with Crippen LogP contribution in [0.2, 0.25) is 0 Å². The van der Waals surface area contributed by atoms with Crippen molar-refractivity contribution in [3.8, 4) is 0 Å². The Morgan fingerprint density at radius 3 is 2.23 bits per heavy atom. The zero-order valence-corrected chi connectivity index (χ0v) is 13.8. The van der Waals surface area contributed by atoms with Crippen LogP contribution < -0.4 is 5.73 Å². The second-order valence-electron chi connectivity index (χ2n) is 8.67. The molecule has 124 valence electrons. The largest absolute Gasteiger partial charge is 0.364 e. The minimum Gasteiger partial charge on any atom is -0.364 e. The van der Waals surface area contributed by atoms with Crippen molar-refractivity contribution < 1.29 is 9.53 Å². The van der Waals surface area contributed by atoms with E-state index in [1.807, 2.05) is 11.9 Å². The lowest BCUT2D eigenvalue weighted by Crippen LogP contribution is -2.52. The molecule has 0 aromatic rings. The van der Waals surface area contributed by atoms with Crippen LogP contribution in [0.25, 0.3) is 0 Å². The highest BCUT2D eigenvalue weighted by Gasteiger charge is 2.51. The number of carbonyl (C=O) groups excluding carboxylic acids is 1. The Morgan fingerprint density at radius 2 is 1.73 bits per heavy atom. The number of ether oxygens (including phenoxy) is 1. The van der Waals surface area contributed by atoms with Crippen LogP contribution in [-0.2, 0) is 9.53 Å². The summed E-state index contributed by atoms with van der Waals surface area (Å²) < 4.78 is 5.80. The quantitative estimate of drug-likeness (QED) is 0.866. The van der Waals surface area contributed by atoms with Crippen molar-refractivity contribution in [3.63, 3.8) is 0 Å². The molecular weight excluding hydrogens is 276 g/mol. The van der Waals surface area contributed by atoms with Crippen molar-refractivity contribution in [1.29, 1.82) is 0 Å². The molecule has 4 nitrogen and oxygen atoms in total. The van der Waals surface area contributed by atoms with E-state index in [2.05, 4.69) is 0 Å². The molecule has 4 aliphatic carbocycles. The molecule has 2 atom stereocenters. The van der Waals surface area contributed by atoms with Gasteiger partial charge < -0.3 is 15.4 Å². The normalized spacial score (nSPS) is 46.2. The maximum absolute atomic E-state index is 12.7. The van der Waals surface area contributed by atoms with E-state index >= 15 is 0 Å². The summed E-state index contributed by atoms with van der Waals surface area (Å²) in [7, 11) is 1.99. The summed E-state index contributed by atoms with van der Waals surface area (Å²) in [4.78, 5) is 14.7. The molecule has 0 aromatic heterocycles. The lowest BCUT2D eigenvalue weighted by Gasteiger charge is -2.57. The lowest BCUT2D eigenvalue weighted by atomic mass is 9.49. The van der Waals surface area contributed by atoms with E-state index < -0.39 is 0 Å². The summed E-state index contributed by atoms with van der Waals surface area (Å²) in [5, 5.41) is 0. The summed E-state index contributed by atoms with van der Waals surface area (Å²) in [6, 6.07) is 0. The van der Waals surface area contributed by atoms with Gasteiger partial charge in [0.2, 0.25) is 0 Å². The number of nitrogens with two attached hydrogens (primary N) is 1. The van der Waals surface area contributed by atoms with Gasteiger partial charge in [-0.15, -0.1) is 0 Å². The van der Waals surface area contributed by atoms with Gasteiger partial charge in [-0.1, -0.05) is 0 Å². The second kappa shape index (κ2) is 5.48. The fourth-order valence-corrected chi connectivity index (χ4v) is 6.37. The highest BCUT2D eigenvalue weighted by Crippen LogP contribution is 2.60. The maximum atomic E-state index is 12.7. The summed E-state index contributed by atoms with van der Waals surface area (Å²) in [5.74, 6) is 3.02. The maximum Gasteiger partial charge on any atom is 0.251 e. The molecule has 4 bridgehead atoms. The van der Waals surface area contributed by atoms with Gasteiger partial charge in [-0.2, -0.15) is 0 Å². The van der Waals surface area contributed by atoms with Crippen LogP contribution in [0.15, 0.2) is 0 Å². The van der Waals surface area contributed by atoms with Gasteiger partial charge in [-0.25, -0.2) is 0 Å². The predicted molar refractivity (Wildman–Crippen MR) is 85.2 cm³/mol. The Hall–Kier alpha value is -0.610. The van der Waals surface area contributed by atoms with Gasteiger partial charge in [-0.05, 0) is 74.5 Å². The van der Waals surface area contributed by atoms with E-state index in [4.69, 9.17) is 10.5 Å². The van der Waals surface area contributed by atoms with E-state index in [0.717, 1.165) is 37.1 Å². The van der Waals surface area contributed by atoms with Crippen LogP contribution in [0.4, 0.5) is 0 Å². The molecule has 5 aliphatic rings. The molecular formula is C18H30N2O2. The van der Waals surface area contributed by atoms with E-state index in [-0.39, 0.29) is 18.1 Å². The van der Waals surface area contributed by atoms with E-state index in [1.165, 1.54) is 38.5 Å². The van der Waals surface area contributed by atoms with Crippen molar-refractivity contribution in [2.45, 2.75) is 63.6 Å². The van der Waals surface area contributed by atoms with Crippen molar-refractivity contribution >= 4 is 5.91 Å². The van der Waals surface area contributed by atoms with E-state index in [9.17, 15) is 4.79 Å². The molecule has 1 aliphatic heterocycles. The van der Waals surface area contributed by atoms with Crippen LogP contribution in [0.3, 0.4) is 0 Å². The monoisotopic (exact) mass is 306 g/mol. The van der Waals surface area contributed by atoms with Crippen molar-refractivity contribution in [3.05, 3.63) is 0 Å². The topological polar surface area (TPSA) is 55.6 Å². The molecule has 2 N–H and O–H groups in total. The standard InChI is InChI=1S/C18H30N2O2/c1-20(17(21)16-3-2-15(10-19)22-16)11-18-7-12-4-13(8-18)6-14(5-12)9-18/h12-16H,2-11,19H2,1H3/t12?,13?,14?,15-,16+,18?/m1/s1. The summed E-state index contributed by atoms with van der Waals surface area (Å²) in [5.41, 5.74) is 6.08. The number of likely N-dealkylation sites (N-methyl/N-ethyl adjacent to an activating group) is 1. The third-order valence-electron chi connectivity index (χ3n) is 6.76. The fraction of sp³-hybridized carbons (Fsp3) is 0.944. The number of rotatable bonds is 4. The van der Waals surface area contributed by atoms with Crippen molar-refractivity contribution in [2.24, 2.45) is 28.9 Å². The number of carbonyl (C=O) groups is 1. The molecule has 1 heterocycles. The molecule has 0 radical (unpaired) electrons. The first kappa shape index (κ1) is 14.9. The molecule has 4 saturated carbocycles. The molecule has 5 rings (SSSR count). The predicted octanol–water partition coefficient (Wildman–Crippen LogP) is 2.17. The Balaban J connectivity index is 1.39. The smallest absolute Gasteiger partial charge is 0.251 e. The Kier molecular flexibility index (Phi) is 3.73. The summed E-state index contributed by atoms with van der Waals surface area (Å²) >= 11 is 0. The first-order chi connectivity index (χ1) is 10.6. The van der Waals surface area contributed by atoms with Crippen LogP contribution in [-0.4, -0.2) is 43.2 Å². The molecule has 22 heavy (non-hydrogen) atoms. The van der Waals surface area contributed by atoms with Gasteiger partial charge in [0.25, 0.3) is 5.91 Å². The molecule has 1 saturated heterocycles. The number of hydrogen-bond acceptors (Lipinski definition) is 3. The van der Waals surface area contributed by atoms with Gasteiger partial charge in [0.1, 0.15) is 6.10 Å². The number of hydrogen-bond donors (Lipinski definition) is 1. The first-order valence-electron chi connectivity index (χ1n) is 9.17.